The molecule has 4 unspecified atom stereocenters. The molecule has 0 aromatic rings. The van der Waals surface area contributed by atoms with Crippen molar-refractivity contribution >= 4 is 5.91 Å². The minimum atomic E-state index is -1.29. The van der Waals surface area contributed by atoms with Crippen LogP contribution in [0, 0.1) is 0 Å². The second-order valence-corrected chi connectivity index (χ2v) is 15.4. The Morgan fingerprint density at radius 1 is 0.462 bits per heavy atom. The third kappa shape index (κ3) is 34.3. The van der Waals surface area contributed by atoms with Crippen molar-refractivity contribution in [3.8, 4) is 0 Å². The van der Waals surface area contributed by atoms with Crippen LogP contribution in [-0.4, -0.2) is 57.3 Å². The molecule has 0 aromatic heterocycles. The van der Waals surface area contributed by atoms with E-state index in [2.05, 4.69) is 55.6 Å². The van der Waals surface area contributed by atoms with Crippen LogP contribution < -0.4 is 5.32 Å². The van der Waals surface area contributed by atoms with Crippen LogP contribution in [0.1, 0.15) is 219 Å². The fourth-order valence-corrected chi connectivity index (χ4v) is 6.73. The maximum absolute atomic E-state index is 12.5. The molecule has 0 spiro atoms. The van der Waals surface area contributed by atoms with Gasteiger partial charge in [0.05, 0.1) is 18.8 Å². The van der Waals surface area contributed by atoms with Crippen LogP contribution in [-0.2, 0) is 4.79 Å². The highest BCUT2D eigenvalue weighted by Crippen LogP contribution is 2.15. The predicted molar refractivity (Wildman–Crippen MR) is 224 cm³/mol. The summed E-state index contributed by atoms with van der Waals surface area (Å²) in [5, 5.41) is 43.6. The Kier molecular flexibility index (Phi) is 39.6. The number of hydrogen-bond donors (Lipinski definition) is 5. The monoisotopic (exact) mass is 734 g/mol. The van der Waals surface area contributed by atoms with Crippen LogP contribution in [0.15, 0.2) is 36.5 Å². The zero-order valence-corrected chi connectivity index (χ0v) is 34.3. The first-order valence-electron chi connectivity index (χ1n) is 22.4. The van der Waals surface area contributed by atoms with Crippen molar-refractivity contribution in [1.29, 1.82) is 0 Å². The van der Waals surface area contributed by atoms with Crippen LogP contribution in [0.2, 0.25) is 0 Å². The van der Waals surface area contributed by atoms with Gasteiger partial charge in [-0.25, -0.2) is 0 Å². The van der Waals surface area contributed by atoms with Crippen molar-refractivity contribution in [2.75, 3.05) is 6.61 Å². The van der Waals surface area contributed by atoms with Gasteiger partial charge < -0.3 is 25.7 Å². The Morgan fingerprint density at radius 3 is 1.21 bits per heavy atom. The SMILES string of the molecule is CCCCCCCCC/C=C/CC/C=C/CC/C=C/CCCC(O)C(O)C(CO)NC(=O)C(O)CCCCCCCCCCCCCCCCCC. The summed E-state index contributed by atoms with van der Waals surface area (Å²) in [4.78, 5) is 12.5. The van der Waals surface area contributed by atoms with Crippen LogP contribution in [0.5, 0.6) is 0 Å². The van der Waals surface area contributed by atoms with Crippen molar-refractivity contribution in [3.63, 3.8) is 0 Å². The molecule has 0 saturated heterocycles. The maximum atomic E-state index is 12.5. The molecular weight excluding hydrogens is 647 g/mol. The summed E-state index contributed by atoms with van der Waals surface area (Å²) < 4.78 is 0. The third-order valence-corrected chi connectivity index (χ3v) is 10.3. The fraction of sp³-hybridized carbons (Fsp3) is 0.848. The molecule has 0 fully saturated rings. The van der Waals surface area contributed by atoms with E-state index in [-0.39, 0.29) is 0 Å². The maximum Gasteiger partial charge on any atom is 0.249 e. The lowest BCUT2D eigenvalue weighted by molar-refractivity contribution is -0.132. The topological polar surface area (TPSA) is 110 Å². The Morgan fingerprint density at radius 2 is 0.808 bits per heavy atom. The molecule has 0 aliphatic rings. The van der Waals surface area contributed by atoms with Gasteiger partial charge in [-0.1, -0.05) is 192 Å². The molecule has 306 valence electrons. The Hall–Kier alpha value is -1.47. The van der Waals surface area contributed by atoms with Crippen molar-refractivity contribution in [3.05, 3.63) is 36.5 Å². The number of carbonyl (C=O) groups is 1. The predicted octanol–water partition coefficient (Wildman–Crippen LogP) is 11.7. The van der Waals surface area contributed by atoms with Crippen LogP contribution in [0.4, 0.5) is 0 Å². The van der Waals surface area contributed by atoms with Gasteiger partial charge in [-0.05, 0) is 64.2 Å². The average Bonchev–Trinajstić information content (AvgIpc) is 3.15. The van der Waals surface area contributed by atoms with Crippen molar-refractivity contribution in [1.82, 2.24) is 5.32 Å². The van der Waals surface area contributed by atoms with E-state index in [0.29, 0.717) is 19.3 Å². The molecule has 0 aromatic carbocycles. The largest absolute Gasteiger partial charge is 0.394 e. The van der Waals surface area contributed by atoms with Gasteiger partial charge >= 0.3 is 0 Å². The van der Waals surface area contributed by atoms with Gasteiger partial charge in [-0.3, -0.25) is 4.79 Å². The second kappa shape index (κ2) is 40.7. The van der Waals surface area contributed by atoms with Crippen LogP contribution in [0.25, 0.3) is 0 Å². The summed E-state index contributed by atoms with van der Waals surface area (Å²) in [6, 6.07) is -1.01. The first-order valence-corrected chi connectivity index (χ1v) is 22.4. The van der Waals surface area contributed by atoms with E-state index in [9.17, 15) is 25.2 Å². The van der Waals surface area contributed by atoms with Gasteiger partial charge in [0.25, 0.3) is 0 Å². The highest BCUT2D eigenvalue weighted by molar-refractivity contribution is 5.80. The van der Waals surface area contributed by atoms with E-state index in [4.69, 9.17) is 0 Å². The van der Waals surface area contributed by atoms with E-state index in [1.807, 2.05) is 0 Å². The molecule has 0 rings (SSSR count). The summed E-state index contributed by atoms with van der Waals surface area (Å²) in [5.74, 6) is -0.599. The number of aliphatic hydroxyl groups is 4. The number of unbranched alkanes of at least 4 members (excludes halogenated alkanes) is 25. The van der Waals surface area contributed by atoms with Gasteiger partial charge in [0, 0.05) is 0 Å². The summed E-state index contributed by atoms with van der Waals surface area (Å²) in [6.07, 6.45) is 47.4. The smallest absolute Gasteiger partial charge is 0.249 e. The Labute approximate surface area is 322 Å². The van der Waals surface area contributed by atoms with E-state index in [1.54, 1.807) is 0 Å². The molecule has 5 N–H and O–H groups in total. The summed E-state index contributed by atoms with van der Waals surface area (Å²) in [6.45, 7) is 4.03. The highest BCUT2D eigenvalue weighted by Gasteiger charge is 2.28. The van der Waals surface area contributed by atoms with Gasteiger partial charge in [0.2, 0.25) is 5.91 Å². The van der Waals surface area contributed by atoms with Gasteiger partial charge in [0.15, 0.2) is 0 Å². The lowest BCUT2D eigenvalue weighted by Gasteiger charge is -2.27. The highest BCUT2D eigenvalue weighted by atomic mass is 16.3. The average molecular weight is 734 g/mol. The van der Waals surface area contributed by atoms with Gasteiger partial charge in [-0.15, -0.1) is 0 Å². The minimum Gasteiger partial charge on any atom is -0.394 e. The van der Waals surface area contributed by atoms with Crippen LogP contribution >= 0.6 is 0 Å². The van der Waals surface area contributed by atoms with Gasteiger partial charge in [-0.2, -0.15) is 0 Å². The molecule has 0 bridgehead atoms. The lowest BCUT2D eigenvalue weighted by Crippen LogP contribution is -2.53. The standard InChI is InChI=1S/C46H87NO5/c1-3-5-7-9-11-13-15-17-19-21-22-23-24-26-27-29-31-33-35-37-39-43(49)45(51)42(41-48)47-46(52)44(50)40-38-36-34-32-30-28-25-20-18-16-14-12-10-8-6-4-2/h19,21,24,26,31,33,42-45,48-51H,3-18,20,22-23,25,27-30,32,34-41H2,1-2H3,(H,47,52)/b21-19+,26-24+,33-31+. The zero-order chi connectivity index (χ0) is 38.2. The first-order chi connectivity index (χ1) is 25.5. The molecule has 0 aliphatic carbocycles. The van der Waals surface area contributed by atoms with E-state index >= 15 is 0 Å². The molecular formula is C46H87NO5. The Balaban J connectivity index is 3.82. The van der Waals surface area contributed by atoms with Crippen molar-refractivity contribution in [2.45, 2.75) is 244 Å². The molecule has 6 nitrogen and oxygen atoms in total. The minimum absolute atomic E-state index is 0.361. The number of nitrogens with one attached hydrogen (secondary N) is 1. The number of aliphatic hydroxyl groups excluding tert-OH is 4. The molecule has 0 heterocycles. The molecule has 6 heteroatoms. The normalized spacial score (nSPS) is 14.5. The quantitative estimate of drug-likeness (QED) is 0.0318. The first kappa shape index (κ1) is 50.5. The van der Waals surface area contributed by atoms with E-state index in [1.165, 1.54) is 135 Å². The van der Waals surface area contributed by atoms with E-state index in [0.717, 1.165) is 51.4 Å². The number of allylic oxidation sites excluding steroid dienone is 6. The number of amides is 1. The summed E-state index contributed by atoms with van der Waals surface area (Å²) in [7, 11) is 0. The van der Waals surface area contributed by atoms with Crippen LogP contribution in [0.3, 0.4) is 0 Å². The van der Waals surface area contributed by atoms with Gasteiger partial charge in [0.1, 0.15) is 12.2 Å². The third-order valence-electron chi connectivity index (χ3n) is 10.3. The molecule has 52 heavy (non-hydrogen) atoms. The lowest BCUT2D eigenvalue weighted by atomic mass is 10.00. The number of carbonyl (C=O) groups excluding carboxylic acids is 1. The fourth-order valence-electron chi connectivity index (χ4n) is 6.73. The van der Waals surface area contributed by atoms with E-state index < -0.39 is 36.9 Å². The molecule has 4 atom stereocenters. The second-order valence-electron chi connectivity index (χ2n) is 15.4. The number of rotatable bonds is 40. The summed E-state index contributed by atoms with van der Waals surface area (Å²) in [5.41, 5.74) is 0. The molecule has 0 radical (unpaired) electrons. The Bertz CT molecular complexity index is 828. The number of hydrogen-bond acceptors (Lipinski definition) is 5. The van der Waals surface area contributed by atoms with Crippen molar-refractivity contribution in [2.24, 2.45) is 0 Å². The summed E-state index contributed by atoms with van der Waals surface area (Å²) >= 11 is 0. The zero-order valence-electron chi connectivity index (χ0n) is 34.3. The molecule has 0 aliphatic heterocycles. The molecule has 1 amide bonds. The van der Waals surface area contributed by atoms with Crippen molar-refractivity contribution < 1.29 is 25.2 Å². The molecule has 0 saturated carbocycles.